The van der Waals surface area contributed by atoms with E-state index in [0.29, 0.717) is 4.75 Å². The minimum absolute atomic E-state index is 0.420. The molecule has 0 radical (unpaired) electrons. The Hall–Kier alpha value is -0.630. The van der Waals surface area contributed by atoms with Crippen LogP contribution < -0.4 is 4.74 Å². The van der Waals surface area contributed by atoms with Crippen LogP contribution in [-0.4, -0.2) is 17.1 Å². The first-order chi connectivity index (χ1) is 12.0. The molecule has 140 valence electrons. The third-order valence-electron chi connectivity index (χ3n) is 5.64. The monoisotopic (exact) mass is 360 g/mol. The molecule has 2 saturated carbocycles. The molecule has 0 unspecified atom stereocenters. The van der Waals surface area contributed by atoms with E-state index in [9.17, 15) is 0 Å². The molecule has 0 N–H and O–H groups in total. The second kappa shape index (κ2) is 8.84. The molecule has 0 aliphatic heterocycles. The molecule has 0 bridgehead atoms. The predicted molar refractivity (Wildman–Crippen MR) is 111 cm³/mol. The van der Waals surface area contributed by atoms with Gasteiger partial charge in [-0.2, -0.15) is 11.8 Å². The molecule has 1 aromatic carbocycles. The van der Waals surface area contributed by atoms with Gasteiger partial charge in [0.15, 0.2) is 0 Å². The molecule has 1 aromatic rings. The van der Waals surface area contributed by atoms with Gasteiger partial charge in [0.25, 0.3) is 0 Å². The summed E-state index contributed by atoms with van der Waals surface area (Å²) in [6, 6.07) is 8.83. The molecule has 25 heavy (non-hydrogen) atoms. The van der Waals surface area contributed by atoms with Crippen molar-refractivity contribution in [1.29, 1.82) is 0 Å². The van der Waals surface area contributed by atoms with Crippen LogP contribution in [0, 0.1) is 17.8 Å². The zero-order valence-corrected chi connectivity index (χ0v) is 17.2. The molecule has 2 heteroatoms. The molecule has 0 saturated heterocycles. The van der Waals surface area contributed by atoms with E-state index in [2.05, 4.69) is 56.8 Å². The normalized spacial score (nSPS) is 24.3. The van der Waals surface area contributed by atoms with Gasteiger partial charge in [-0.05, 0) is 79.7 Å². The van der Waals surface area contributed by atoms with Crippen LogP contribution in [0.3, 0.4) is 0 Å². The summed E-state index contributed by atoms with van der Waals surface area (Å²) in [5.41, 5.74) is 1.46. The molecule has 0 spiro atoms. The van der Waals surface area contributed by atoms with Crippen molar-refractivity contribution in [3.8, 4) is 5.75 Å². The minimum atomic E-state index is 0.420. The predicted octanol–water partition coefficient (Wildman–Crippen LogP) is 6.75. The van der Waals surface area contributed by atoms with Crippen molar-refractivity contribution >= 4 is 11.8 Å². The summed E-state index contributed by atoms with van der Waals surface area (Å²) in [6.45, 7) is 7.93. The van der Waals surface area contributed by atoms with Crippen molar-refractivity contribution in [2.45, 2.75) is 76.9 Å². The fourth-order valence-electron chi connectivity index (χ4n) is 3.71. The lowest BCUT2D eigenvalue weighted by atomic mass is 9.80. The van der Waals surface area contributed by atoms with Gasteiger partial charge in [-0.15, -0.1) is 0 Å². The summed E-state index contributed by atoms with van der Waals surface area (Å²) >= 11 is 2.15. The van der Waals surface area contributed by atoms with Gasteiger partial charge in [-0.25, -0.2) is 0 Å². The maximum Gasteiger partial charge on any atom is 0.119 e. The highest BCUT2D eigenvalue weighted by Crippen LogP contribution is 2.36. The van der Waals surface area contributed by atoms with Gasteiger partial charge >= 0.3 is 0 Å². The van der Waals surface area contributed by atoms with Crippen molar-refractivity contribution in [1.82, 2.24) is 0 Å². The van der Waals surface area contributed by atoms with Crippen molar-refractivity contribution < 1.29 is 4.74 Å². The summed E-state index contributed by atoms with van der Waals surface area (Å²) in [6.07, 6.45) is 11.0. The van der Waals surface area contributed by atoms with Gasteiger partial charge in [0.1, 0.15) is 5.75 Å². The highest BCUT2D eigenvalue weighted by atomic mass is 32.2. The van der Waals surface area contributed by atoms with Crippen molar-refractivity contribution in [3.05, 3.63) is 29.8 Å². The van der Waals surface area contributed by atoms with Crippen LogP contribution in [0.2, 0.25) is 0 Å². The Bertz CT molecular complexity index is 521. The van der Waals surface area contributed by atoms with Gasteiger partial charge in [0.2, 0.25) is 0 Å². The third kappa shape index (κ3) is 7.25. The van der Waals surface area contributed by atoms with E-state index in [1.165, 1.54) is 62.7 Å². The van der Waals surface area contributed by atoms with Crippen LogP contribution in [-0.2, 0) is 6.42 Å². The number of benzene rings is 1. The molecule has 0 atom stereocenters. The van der Waals surface area contributed by atoms with Crippen molar-refractivity contribution in [3.63, 3.8) is 0 Å². The molecular formula is C23H36OS. The molecule has 2 aliphatic carbocycles. The highest BCUT2D eigenvalue weighted by Gasteiger charge is 2.23. The molecule has 2 fully saturated rings. The molecule has 2 aliphatic rings. The van der Waals surface area contributed by atoms with Crippen molar-refractivity contribution in [2.75, 3.05) is 12.4 Å². The summed E-state index contributed by atoms with van der Waals surface area (Å²) in [5, 5.41) is 0. The van der Waals surface area contributed by atoms with Crippen LogP contribution in [0.1, 0.15) is 71.3 Å². The van der Waals surface area contributed by atoms with Crippen LogP contribution >= 0.6 is 11.8 Å². The highest BCUT2D eigenvalue weighted by molar-refractivity contribution is 8.00. The number of hydrogen-bond donors (Lipinski definition) is 0. The Morgan fingerprint density at radius 3 is 2.32 bits per heavy atom. The molecule has 0 amide bonds. The van der Waals surface area contributed by atoms with E-state index in [4.69, 9.17) is 4.74 Å². The maximum atomic E-state index is 5.93. The first-order valence-electron chi connectivity index (χ1n) is 10.3. The quantitative estimate of drug-likeness (QED) is 0.507. The molecule has 0 heterocycles. The first kappa shape index (κ1) is 19.1. The van der Waals surface area contributed by atoms with E-state index in [-0.39, 0.29) is 0 Å². The largest absolute Gasteiger partial charge is 0.493 e. The second-order valence-electron chi connectivity index (χ2n) is 9.25. The van der Waals surface area contributed by atoms with E-state index in [0.717, 1.165) is 30.1 Å². The molecule has 1 nitrogen and oxygen atoms in total. The van der Waals surface area contributed by atoms with Gasteiger partial charge in [0, 0.05) is 4.75 Å². The zero-order chi connectivity index (χ0) is 17.7. The lowest BCUT2D eigenvalue weighted by molar-refractivity contribution is 0.280. The number of hydrogen-bond acceptors (Lipinski definition) is 2. The fourth-order valence-corrected chi connectivity index (χ4v) is 4.78. The maximum absolute atomic E-state index is 5.93. The fraction of sp³-hybridized carbons (Fsp3) is 0.739. The Kier molecular flexibility index (Phi) is 6.77. The lowest BCUT2D eigenvalue weighted by Gasteiger charge is -2.30. The molecular weight excluding hydrogens is 324 g/mol. The van der Waals surface area contributed by atoms with Gasteiger partial charge in [-0.3, -0.25) is 0 Å². The van der Waals surface area contributed by atoms with Crippen LogP contribution in [0.4, 0.5) is 0 Å². The Labute approximate surface area is 159 Å². The van der Waals surface area contributed by atoms with Crippen LogP contribution in [0.15, 0.2) is 24.3 Å². The van der Waals surface area contributed by atoms with Crippen LogP contribution in [0.5, 0.6) is 5.75 Å². The lowest BCUT2D eigenvalue weighted by Crippen LogP contribution is -2.19. The van der Waals surface area contributed by atoms with Gasteiger partial charge in [-0.1, -0.05) is 45.7 Å². The first-order valence-corrected chi connectivity index (χ1v) is 11.3. The summed E-state index contributed by atoms with van der Waals surface area (Å²) in [7, 11) is 0. The average molecular weight is 361 g/mol. The molecule has 3 rings (SSSR count). The third-order valence-corrected chi connectivity index (χ3v) is 7.14. The topological polar surface area (TPSA) is 9.23 Å². The smallest absolute Gasteiger partial charge is 0.119 e. The minimum Gasteiger partial charge on any atom is -0.493 e. The van der Waals surface area contributed by atoms with Crippen molar-refractivity contribution in [2.24, 2.45) is 17.8 Å². The Balaban J connectivity index is 1.35. The van der Waals surface area contributed by atoms with E-state index in [1.807, 2.05) is 0 Å². The van der Waals surface area contributed by atoms with E-state index < -0.39 is 0 Å². The summed E-state index contributed by atoms with van der Waals surface area (Å²) in [5.74, 6) is 5.16. The van der Waals surface area contributed by atoms with E-state index in [1.54, 1.807) is 0 Å². The van der Waals surface area contributed by atoms with Crippen LogP contribution in [0.25, 0.3) is 0 Å². The number of thioether (sulfide) groups is 1. The summed E-state index contributed by atoms with van der Waals surface area (Å²) in [4.78, 5) is 0. The number of rotatable bonds is 8. The number of aryl methyl sites for hydroxylation is 1. The standard InChI is InChI=1S/C23H36OS/c1-23(2,3)25-17-21-13-8-18(9-14-21)7-10-19-5-4-6-22(15-19)24-16-20-11-12-20/h4-6,15,18,20-21H,7-14,16-17H2,1-3H3. The zero-order valence-electron chi connectivity index (χ0n) is 16.4. The SMILES string of the molecule is CC(C)(C)SCC1CCC(CCc2cccc(OCC3CC3)c2)CC1. The second-order valence-corrected chi connectivity index (χ2v) is 11.1. The summed E-state index contributed by atoms with van der Waals surface area (Å²) < 4.78 is 6.35. The number of ether oxygens (including phenoxy) is 1. The average Bonchev–Trinajstić information content (AvgIpc) is 3.41. The Morgan fingerprint density at radius 2 is 1.64 bits per heavy atom. The Morgan fingerprint density at radius 1 is 0.960 bits per heavy atom. The van der Waals surface area contributed by atoms with Gasteiger partial charge < -0.3 is 4.74 Å². The van der Waals surface area contributed by atoms with Gasteiger partial charge in [0.05, 0.1) is 6.61 Å². The molecule has 0 aromatic heterocycles. The van der Waals surface area contributed by atoms with E-state index >= 15 is 0 Å².